The summed E-state index contributed by atoms with van der Waals surface area (Å²) in [6.07, 6.45) is 7.92. The molecule has 1 aliphatic rings. The van der Waals surface area contributed by atoms with E-state index in [2.05, 4.69) is 50.5 Å². The third-order valence-electron chi connectivity index (χ3n) is 4.58. The van der Waals surface area contributed by atoms with Gasteiger partial charge in [0.1, 0.15) is 0 Å². The van der Waals surface area contributed by atoms with E-state index in [1.807, 2.05) is 0 Å². The Bertz CT molecular complexity index is 360. The molecular weight excluding hydrogens is 218 g/mol. The van der Waals surface area contributed by atoms with Crippen molar-refractivity contribution in [2.45, 2.75) is 58.4 Å². The zero-order chi connectivity index (χ0) is 13.0. The molecule has 0 amide bonds. The molecule has 1 saturated carbocycles. The second kappa shape index (κ2) is 5.88. The van der Waals surface area contributed by atoms with Crippen molar-refractivity contribution in [1.82, 2.24) is 5.32 Å². The third kappa shape index (κ3) is 2.77. The first-order valence-electron chi connectivity index (χ1n) is 7.46. The van der Waals surface area contributed by atoms with E-state index in [9.17, 15) is 0 Å². The molecule has 0 aromatic heterocycles. The molecular formula is C17H27N. The summed E-state index contributed by atoms with van der Waals surface area (Å²) in [6, 6.07) is 9.78. The molecule has 0 aliphatic heterocycles. The largest absolute Gasteiger partial charge is 0.313 e. The van der Waals surface area contributed by atoms with Crippen molar-refractivity contribution in [1.29, 1.82) is 0 Å². The van der Waals surface area contributed by atoms with Crippen LogP contribution in [0, 0.1) is 5.41 Å². The van der Waals surface area contributed by atoms with E-state index in [1.165, 1.54) is 49.7 Å². The second-order valence-electron chi connectivity index (χ2n) is 6.07. The molecule has 100 valence electrons. The predicted octanol–water partition coefficient (Wildman–Crippen LogP) is 4.48. The molecule has 1 fully saturated rings. The number of hydrogen-bond acceptors (Lipinski definition) is 1. The lowest BCUT2D eigenvalue weighted by Gasteiger charge is -2.34. The summed E-state index contributed by atoms with van der Waals surface area (Å²) in [5.74, 6) is 0. The SMILES string of the molecule is CCCc1ccc(C(NC)C2(C)CCCC2)cc1. The van der Waals surface area contributed by atoms with E-state index >= 15 is 0 Å². The summed E-state index contributed by atoms with van der Waals surface area (Å²) in [5, 5.41) is 3.55. The van der Waals surface area contributed by atoms with Crippen LogP contribution < -0.4 is 5.32 Å². The maximum Gasteiger partial charge on any atom is 0.0372 e. The molecule has 1 atom stereocenters. The van der Waals surface area contributed by atoms with Crippen LogP contribution in [0.5, 0.6) is 0 Å². The van der Waals surface area contributed by atoms with Crippen molar-refractivity contribution < 1.29 is 0 Å². The summed E-state index contributed by atoms with van der Waals surface area (Å²) in [4.78, 5) is 0. The Balaban J connectivity index is 2.16. The van der Waals surface area contributed by atoms with Crippen LogP contribution in [0.2, 0.25) is 0 Å². The Hall–Kier alpha value is -0.820. The van der Waals surface area contributed by atoms with Crippen LogP contribution >= 0.6 is 0 Å². The van der Waals surface area contributed by atoms with Gasteiger partial charge in [-0.1, -0.05) is 57.4 Å². The molecule has 0 heterocycles. The Kier molecular flexibility index (Phi) is 4.45. The fraction of sp³-hybridized carbons (Fsp3) is 0.647. The van der Waals surface area contributed by atoms with Gasteiger partial charge in [-0.2, -0.15) is 0 Å². The van der Waals surface area contributed by atoms with Gasteiger partial charge in [-0.25, -0.2) is 0 Å². The van der Waals surface area contributed by atoms with E-state index in [0.29, 0.717) is 11.5 Å². The van der Waals surface area contributed by atoms with Crippen LogP contribution in [0.4, 0.5) is 0 Å². The first kappa shape index (κ1) is 13.6. The van der Waals surface area contributed by atoms with Crippen molar-refractivity contribution in [2.75, 3.05) is 7.05 Å². The van der Waals surface area contributed by atoms with Crippen molar-refractivity contribution in [3.05, 3.63) is 35.4 Å². The lowest BCUT2D eigenvalue weighted by molar-refractivity contribution is 0.234. The highest BCUT2D eigenvalue weighted by atomic mass is 14.9. The molecule has 1 unspecified atom stereocenters. The monoisotopic (exact) mass is 245 g/mol. The highest BCUT2D eigenvalue weighted by Gasteiger charge is 2.36. The highest BCUT2D eigenvalue weighted by molar-refractivity contribution is 5.27. The van der Waals surface area contributed by atoms with Crippen molar-refractivity contribution in [3.63, 3.8) is 0 Å². The Morgan fingerprint density at radius 2 is 1.78 bits per heavy atom. The van der Waals surface area contributed by atoms with Crippen LogP contribution in [0.25, 0.3) is 0 Å². The summed E-state index contributed by atoms with van der Waals surface area (Å²) in [5.41, 5.74) is 3.37. The minimum atomic E-state index is 0.445. The van der Waals surface area contributed by atoms with Crippen molar-refractivity contribution in [2.24, 2.45) is 5.41 Å². The van der Waals surface area contributed by atoms with Crippen LogP contribution in [0.15, 0.2) is 24.3 Å². The summed E-state index contributed by atoms with van der Waals surface area (Å²) >= 11 is 0. The van der Waals surface area contributed by atoms with Gasteiger partial charge in [-0.05, 0) is 42.9 Å². The maximum atomic E-state index is 3.55. The van der Waals surface area contributed by atoms with Crippen LogP contribution in [-0.2, 0) is 6.42 Å². The molecule has 0 radical (unpaired) electrons. The van der Waals surface area contributed by atoms with Gasteiger partial charge >= 0.3 is 0 Å². The number of nitrogens with one attached hydrogen (secondary N) is 1. The van der Waals surface area contributed by atoms with Gasteiger partial charge < -0.3 is 5.32 Å². The number of hydrogen-bond donors (Lipinski definition) is 1. The van der Waals surface area contributed by atoms with Crippen molar-refractivity contribution in [3.8, 4) is 0 Å². The Morgan fingerprint density at radius 3 is 2.28 bits per heavy atom. The summed E-state index contributed by atoms with van der Waals surface area (Å²) in [6.45, 7) is 4.69. The van der Waals surface area contributed by atoms with E-state index < -0.39 is 0 Å². The summed E-state index contributed by atoms with van der Waals surface area (Å²) in [7, 11) is 2.11. The van der Waals surface area contributed by atoms with Crippen LogP contribution in [-0.4, -0.2) is 7.05 Å². The number of aryl methyl sites for hydroxylation is 1. The molecule has 1 aromatic rings. The van der Waals surface area contributed by atoms with Gasteiger partial charge in [-0.3, -0.25) is 0 Å². The van der Waals surface area contributed by atoms with Crippen molar-refractivity contribution >= 4 is 0 Å². The predicted molar refractivity (Wildman–Crippen MR) is 78.8 cm³/mol. The molecule has 0 spiro atoms. The molecule has 0 bridgehead atoms. The third-order valence-corrected chi connectivity index (χ3v) is 4.58. The standard InChI is InChI=1S/C17H27N/c1-4-7-14-8-10-15(11-9-14)16(18-3)17(2)12-5-6-13-17/h8-11,16,18H,4-7,12-13H2,1-3H3. The minimum Gasteiger partial charge on any atom is -0.313 e. The molecule has 1 aromatic carbocycles. The van der Waals surface area contributed by atoms with E-state index in [0.717, 1.165) is 0 Å². The lowest BCUT2D eigenvalue weighted by Crippen LogP contribution is -2.32. The lowest BCUT2D eigenvalue weighted by atomic mass is 9.77. The zero-order valence-corrected chi connectivity index (χ0v) is 12.1. The minimum absolute atomic E-state index is 0.445. The van der Waals surface area contributed by atoms with E-state index in [1.54, 1.807) is 0 Å². The van der Waals surface area contributed by atoms with Gasteiger partial charge in [0.15, 0.2) is 0 Å². The molecule has 1 N–H and O–H groups in total. The van der Waals surface area contributed by atoms with Gasteiger partial charge in [0.05, 0.1) is 0 Å². The average molecular weight is 245 g/mol. The fourth-order valence-corrected chi connectivity index (χ4v) is 3.55. The molecule has 2 rings (SSSR count). The maximum absolute atomic E-state index is 3.55. The first-order chi connectivity index (χ1) is 8.69. The first-order valence-corrected chi connectivity index (χ1v) is 7.46. The Morgan fingerprint density at radius 1 is 1.17 bits per heavy atom. The Labute approximate surface area is 112 Å². The van der Waals surface area contributed by atoms with E-state index in [-0.39, 0.29) is 0 Å². The van der Waals surface area contributed by atoms with Gasteiger partial charge in [0.2, 0.25) is 0 Å². The quantitative estimate of drug-likeness (QED) is 0.806. The van der Waals surface area contributed by atoms with E-state index in [4.69, 9.17) is 0 Å². The highest BCUT2D eigenvalue weighted by Crippen LogP contribution is 2.46. The average Bonchev–Trinajstić information content (AvgIpc) is 2.80. The topological polar surface area (TPSA) is 12.0 Å². The number of benzene rings is 1. The fourth-order valence-electron chi connectivity index (χ4n) is 3.55. The van der Waals surface area contributed by atoms with Crippen LogP contribution in [0.1, 0.15) is 63.1 Å². The normalized spacial score (nSPS) is 19.9. The molecule has 1 heteroatoms. The van der Waals surface area contributed by atoms with Gasteiger partial charge in [0, 0.05) is 6.04 Å². The number of rotatable bonds is 5. The second-order valence-corrected chi connectivity index (χ2v) is 6.07. The van der Waals surface area contributed by atoms with Gasteiger partial charge in [-0.15, -0.1) is 0 Å². The van der Waals surface area contributed by atoms with Gasteiger partial charge in [0.25, 0.3) is 0 Å². The summed E-state index contributed by atoms with van der Waals surface area (Å²) < 4.78 is 0. The molecule has 1 aliphatic carbocycles. The zero-order valence-electron chi connectivity index (χ0n) is 12.1. The molecule has 18 heavy (non-hydrogen) atoms. The smallest absolute Gasteiger partial charge is 0.0372 e. The molecule has 1 nitrogen and oxygen atoms in total. The molecule has 0 saturated heterocycles. The van der Waals surface area contributed by atoms with Crippen LogP contribution in [0.3, 0.4) is 0 Å².